The molecule has 0 saturated heterocycles. The number of rotatable bonds is 6. The summed E-state index contributed by atoms with van der Waals surface area (Å²) in [6, 6.07) is 10.8. The van der Waals surface area contributed by atoms with Crippen molar-refractivity contribution in [1.29, 1.82) is 0 Å². The van der Waals surface area contributed by atoms with Crippen molar-refractivity contribution in [3.8, 4) is 5.69 Å². The van der Waals surface area contributed by atoms with Crippen molar-refractivity contribution in [1.82, 2.24) is 19.3 Å². The molecule has 0 saturated carbocycles. The van der Waals surface area contributed by atoms with Crippen LogP contribution in [0.25, 0.3) is 5.69 Å². The Bertz CT molecular complexity index is 1220. The molecule has 0 unspecified atom stereocenters. The van der Waals surface area contributed by atoms with Gasteiger partial charge in [-0.15, -0.1) is 0 Å². The summed E-state index contributed by atoms with van der Waals surface area (Å²) in [5.74, 6) is -1.65. The molecule has 0 aliphatic heterocycles. The minimum absolute atomic E-state index is 0.134. The van der Waals surface area contributed by atoms with E-state index in [0.717, 1.165) is 34.5 Å². The van der Waals surface area contributed by atoms with E-state index in [0.29, 0.717) is 18.3 Å². The molecule has 0 bridgehead atoms. The molecule has 30 heavy (non-hydrogen) atoms. The molecule has 0 fully saturated rings. The van der Waals surface area contributed by atoms with Crippen LogP contribution in [0.5, 0.6) is 0 Å². The number of imidazole rings is 1. The van der Waals surface area contributed by atoms with Crippen molar-refractivity contribution in [3.63, 3.8) is 0 Å². The summed E-state index contributed by atoms with van der Waals surface area (Å²) in [5, 5.41) is 6.88. The largest absolute Gasteiger partial charge is 0.378 e. The number of halogens is 3. The predicted octanol–water partition coefficient (Wildman–Crippen LogP) is 4.02. The number of aromatic nitrogens is 4. The number of benzene rings is 2. The van der Waals surface area contributed by atoms with E-state index in [1.165, 1.54) is 6.20 Å². The first-order valence-electron chi connectivity index (χ1n) is 9.02. The lowest BCUT2D eigenvalue weighted by molar-refractivity contribution is 0.571. The van der Waals surface area contributed by atoms with Gasteiger partial charge in [-0.3, -0.25) is 4.79 Å². The molecule has 6 nitrogen and oxygen atoms in total. The van der Waals surface area contributed by atoms with E-state index in [1.54, 1.807) is 12.5 Å². The van der Waals surface area contributed by atoms with Crippen LogP contribution in [0.4, 0.5) is 14.5 Å². The molecule has 0 spiro atoms. The Morgan fingerprint density at radius 3 is 2.53 bits per heavy atom. The van der Waals surface area contributed by atoms with Crippen LogP contribution in [-0.4, -0.2) is 19.3 Å². The number of nitrogens with zero attached hydrogens (tertiary/aromatic N) is 4. The Morgan fingerprint density at radius 2 is 1.83 bits per heavy atom. The molecule has 2 aromatic heterocycles. The Kier molecular flexibility index (Phi) is 5.58. The minimum Gasteiger partial charge on any atom is -0.378 e. The van der Waals surface area contributed by atoms with Gasteiger partial charge in [0.1, 0.15) is 16.5 Å². The van der Waals surface area contributed by atoms with Crippen molar-refractivity contribution in [2.24, 2.45) is 0 Å². The summed E-state index contributed by atoms with van der Waals surface area (Å²) in [4.78, 5) is 16.5. The van der Waals surface area contributed by atoms with Crippen LogP contribution in [-0.2, 0) is 13.1 Å². The average molecular weight is 428 g/mol. The quantitative estimate of drug-likeness (QED) is 0.504. The number of anilines is 1. The molecule has 4 rings (SSSR count). The van der Waals surface area contributed by atoms with Crippen LogP contribution >= 0.6 is 11.6 Å². The minimum atomic E-state index is -0.905. The van der Waals surface area contributed by atoms with Gasteiger partial charge in [-0.25, -0.2) is 13.8 Å². The summed E-state index contributed by atoms with van der Waals surface area (Å²) in [5.41, 5.74) is 1.55. The monoisotopic (exact) mass is 427 g/mol. The first kappa shape index (κ1) is 19.8. The Morgan fingerprint density at radius 1 is 1.07 bits per heavy atom. The fourth-order valence-corrected chi connectivity index (χ4v) is 3.13. The Balaban J connectivity index is 1.47. The Labute approximate surface area is 175 Å². The average Bonchev–Trinajstić information content (AvgIpc) is 3.24. The maximum Gasteiger partial charge on any atom is 0.292 e. The molecular weight excluding hydrogens is 412 g/mol. The first-order chi connectivity index (χ1) is 14.5. The van der Waals surface area contributed by atoms with Gasteiger partial charge in [0.25, 0.3) is 5.56 Å². The first-order valence-corrected chi connectivity index (χ1v) is 9.40. The highest BCUT2D eigenvalue weighted by molar-refractivity contribution is 6.32. The van der Waals surface area contributed by atoms with Gasteiger partial charge in [-0.05, 0) is 23.3 Å². The third-order valence-corrected chi connectivity index (χ3v) is 4.85. The fourth-order valence-electron chi connectivity index (χ4n) is 2.93. The van der Waals surface area contributed by atoms with Gasteiger partial charge in [0.15, 0.2) is 5.82 Å². The van der Waals surface area contributed by atoms with E-state index in [4.69, 9.17) is 11.6 Å². The normalized spacial score (nSPS) is 10.9. The molecule has 152 valence electrons. The van der Waals surface area contributed by atoms with Crippen molar-refractivity contribution in [2.45, 2.75) is 13.1 Å². The van der Waals surface area contributed by atoms with Crippen LogP contribution < -0.4 is 10.9 Å². The number of hydrogen-bond acceptors (Lipinski definition) is 4. The van der Waals surface area contributed by atoms with Crippen molar-refractivity contribution in [3.05, 3.63) is 106 Å². The van der Waals surface area contributed by atoms with E-state index in [1.807, 2.05) is 35.0 Å². The van der Waals surface area contributed by atoms with E-state index < -0.39 is 17.2 Å². The van der Waals surface area contributed by atoms with Crippen LogP contribution in [0, 0.1) is 11.6 Å². The second kappa shape index (κ2) is 8.46. The SMILES string of the molecule is O=c1c(Cl)c(NCc2ccc(Cn3ccnc3)cc2)cnn1-c1ccc(F)cc1F. The Hall–Kier alpha value is -3.52. The van der Waals surface area contributed by atoms with Crippen LogP contribution in [0.2, 0.25) is 5.02 Å². The van der Waals surface area contributed by atoms with Gasteiger partial charge in [0.2, 0.25) is 0 Å². The summed E-state index contributed by atoms with van der Waals surface area (Å²) in [7, 11) is 0. The molecule has 1 N–H and O–H groups in total. The van der Waals surface area contributed by atoms with Gasteiger partial charge in [-0.2, -0.15) is 9.78 Å². The van der Waals surface area contributed by atoms with Crippen molar-refractivity contribution < 1.29 is 8.78 Å². The zero-order valence-electron chi connectivity index (χ0n) is 15.6. The highest BCUT2D eigenvalue weighted by atomic mass is 35.5. The molecule has 0 amide bonds. The maximum atomic E-state index is 14.0. The summed E-state index contributed by atoms with van der Waals surface area (Å²) in [6.45, 7) is 1.14. The number of hydrogen-bond donors (Lipinski definition) is 1. The second-order valence-electron chi connectivity index (χ2n) is 6.59. The van der Waals surface area contributed by atoms with Crippen molar-refractivity contribution in [2.75, 3.05) is 5.32 Å². The standard InChI is InChI=1S/C21H16ClF2N5O/c22-20-18(11-27-29(21(20)30)19-6-5-16(23)9-17(19)24)26-10-14-1-3-15(4-2-14)12-28-8-7-25-13-28/h1-9,11,13,26H,10,12H2. The van der Waals surface area contributed by atoms with Crippen LogP contribution in [0.1, 0.15) is 11.1 Å². The van der Waals surface area contributed by atoms with Crippen molar-refractivity contribution >= 4 is 17.3 Å². The zero-order valence-corrected chi connectivity index (χ0v) is 16.4. The summed E-state index contributed by atoms with van der Waals surface area (Å²) < 4.78 is 29.8. The lowest BCUT2D eigenvalue weighted by atomic mass is 10.1. The number of nitrogens with one attached hydrogen (secondary N) is 1. The highest BCUT2D eigenvalue weighted by Gasteiger charge is 2.14. The van der Waals surface area contributed by atoms with Gasteiger partial charge < -0.3 is 9.88 Å². The van der Waals surface area contributed by atoms with Gasteiger partial charge in [-0.1, -0.05) is 35.9 Å². The second-order valence-corrected chi connectivity index (χ2v) is 6.97. The molecule has 0 aliphatic carbocycles. The van der Waals surface area contributed by atoms with Gasteiger partial charge >= 0.3 is 0 Å². The molecule has 4 aromatic rings. The lowest BCUT2D eigenvalue weighted by Crippen LogP contribution is -2.23. The molecule has 0 atom stereocenters. The van der Waals surface area contributed by atoms with E-state index in [9.17, 15) is 13.6 Å². The zero-order chi connectivity index (χ0) is 21.1. The molecule has 2 heterocycles. The predicted molar refractivity (Wildman–Crippen MR) is 110 cm³/mol. The fraction of sp³-hybridized carbons (Fsp3) is 0.0952. The van der Waals surface area contributed by atoms with Gasteiger partial charge in [0, 0.05) is 31.5 Å². The molecule has 0 radical (unpaired) electrons. The smallest absolute Gasteiger partial charge is 0.292 e. The van der Waals surface area contributed by atoms with E-state index >= 15 is 0 Å². The summed E-state index contributed by atoms with van der Waals surface area (Å²) in [6.07, 6.45) is 6.71. The molecule has 9 heteroatoms. The van der Waals surface area contributed by atoms with Gasteiger partial charge in [0.05, 0.1) is 18.2 Å². The molecule has 2 aromatic carbocycles. The topological polar surface area (TPSA) is 64.7 Å². The third kappa shape index (κ3) is 4.23. The molecular formula is C21H16ClF2N5O. The summed E-state index contributed by atoms with van der Waals surface area (Å²) >= 11 is 6.16. The molecule has 0 aliphatic rings. The van der Waals surface area contributed by atoms with Crippen LogP contribution in [0.3, 0.4) is 0 Å². The highest BCUT2D eigenvalue weighted by Crippen LogP contribution is 2.19. The van der Waals surface area contributed by atoms with Crippen LogP contribution in [0.15, 0.2) is 72.2 Å². The maximum absolute atomic E-state index is 14.0. The van der Waals surface area contributed by atoms with E-state index in [-0.39, 0.29) is 10.7 Å². The lowest BCUT2D eigenvalue weighted by Gasteiger charge is -2.11. The third-order valence-electron chi connectivity index (χ3n) is 4.49. The van der Waals surface area contributed by atoms with E-state index in [2.05, 4.69) is 15.4 Å².